The van der Waals surface area contributed by atoms with E-state index >= 15 is 0 Å². The van der Waals surface area contributed by atoms with Crippen molar-refractivity contribution in [1.29, 1.82) is 0 Å². The largest absolute Gasteiger partial charge is 0.338 e. The fraction of sp³-hybridized carbons (Fsp3) is 0.222. The molecule has 3 aromatic heterocycles. The summed E-state index contributed by atoms with van der Waals surface area (Å²) in [5.41, 5.74) is 3.92. The van der Waals surface area contributed by atoms with Crippen molar-refractivity contribution in [2.24, 2.45) is 7.05 Å². The third-order valence-electron chi connectivity index (χ3n) is 4.27. The number of hydrogen-bond donors (Lipinski definition) is 0. The molecule has 0 atom stereocenters. The molecule has 4 nitrogen and oxygen atoms in total. The second-order valence-corrected chi connectivity index (χ2v) is 7.38. The van der Waals surface area contributed by atoms with Gasteiger partial charge in [-0.25, -0.2) is 4.68 Å². The van der Waals surface area contributed by atoms with Gasteiger partial charge in [-0.05, 0) is 18.6 Å². The standard InChI is InChI=1S/C18H16ClN3OS/c1-11-4-3-5-12(6-11)10-22-18(23)16-14(9-20-22)17-15(21(16)2)7-13(8-19)24-17/h3-7,9H,8,10H2,1-2H3. The molecule has 0 aliphatic carbocycles. The van der Waals surface area contributed by atoms with Crippen LogP contribution < -0.4 is 5.56 Å². The fourth-order valence-electron chi connectivity index (χ4n) is 3.12. The van der Waals surface area contributed by atoms with Crippen LogP contribution in [-0.2, 0) is 19.5 Å². The first-order chi connectivity index (χ1) is 11.6. The molecule has 4 aromatic rings. The number of benzene rings is 1. The molecule has 0 N–H and O–H groups in total. The Morgan fingerprint density at radius 3 is 2.88 bits per heavy atom. The second kappa shape index (κ2) is 5.76. The Bertz CT molecular complexity index is 1120. The van der Waals surface area contributed by atoms with Crippen molar-refractivity contribution < 1.29 is 0 Å². The van der Waals surface area contributed by atoms with Crippen LogP contribution in [0, 0.1) is 6.92 Å². The molecule has 0 radical (unpaired) electrons. The summed E-state index contributed by atoms with van der Waals surface area (Å²) < 4.78 is 4.56. The Balaban J connectivity index is 1.89. The molecule has 0 bridgehead atoms. The smallest absolute Gasteiger partial charge is 0.291 e. The van der Waals surface area contributed by atoms with Crippen LogP contribution in [0.2, 0.25) is 0 Å². The fourth-order valence-corrected chi connectivity index (χ4v) is 4.41. The van der Waals surface area contributed by atoms with E-state index in [2.05, 4.69) is 17.2 Å². The maximum absolute atomic E-state index is 12.9. The van der Waals surface area contributed by atoms with Crippen LogP contribution in [0.15, 0.2) is 41.3 Å². The van der Waals surface area contributed by atoms with E-state index in [1.807, 2.05) is 36.7 Å². The zero-order chi connectivity index (χ0) is 16.8. The molecule has 24 heavy (non-hydrogen) atoms. The second-order valence-electron chi connectivity index (χ2n) is 5.98. The number of fused-ring (bicyclic) bond motifs is 3. The normalized spacial score (nSPS) is 11.6. The first-order valence-corrected chi connectivity index (χ1v) is 9.02. The summed E-state index contributed by atoms with van der Waals surface area (Å²) in [7, 11) is 1.92. The minimum Gasteiger partial charge on any atom is -0.338 e. The Labute approximate surface area is 147 Å². The van der Waals surface area contributed by atoms with E-state index in [1.165, 1.54) is 10.2 Å². The average molecular weight is 358 g/mol. The highest BCUT2D eigenvalue weighted by Gasteiger charge is 2.16. The van der Waals surface area contributed by atoms with Crippen molar-refractivity contribution in [2.45, 2.75) is 19.3 Å². The average Bonchev–Trinajstić information content (AvgIpc) is 3.10. The lowest BCUT2D eigenvalue weighted by Crippen LogP contribution is -2.24. The van der Waals surface area contributed by atoms with Gasteiger partial charge in [0.05, 0.1) is 28.8 Å². The van der Waals surface area contributed by atoms with E-state index in [9.17, 15) is 4.79 Å². The Morgan fingerprint density at radius 1 is 1.29 bits per heavy atom. The van der Waals surface area contributed by atoms with E-state index < -0.39 is 0 Å². The Hall–Kier alpha value is -2.11. The van der Waals surface area contributed by atoms with Gasteiger partial charge < -0.3 is 4.57 Å². The summed E-state index contributed by atoms with van der Waals surface area (Å²) in [5.74, 6) is 0.485. The van der Waals surface area contributed by atoms with Crippen molar-refractivity contribution >= 4 is 44.1 Å². The maximum Gasteiger partial charge on any atom is 0.291 e. The number of aryl methyl sites for hydroxylation is 2. The van der Waals surface area contributed by atoms with Gasteiger partial charge in [-0.3, -0.25) is 4.79 Å². The number of aromatic nitrogens is 3. The van der Waals surface area contributed by atoms with Gasteiger partial charge in [0.2, 0.25) is 0 Å². The van der Waals surface area contributed by atoms with E-state index in [0.29, 0.717) is 17.9 Å². The van der Waals surface area contributed by atoms with Gasteiger partial charge in [-0.15, -0.1) is 22.9 Å². The number of rotatable bonds is 3. The molecule has 6 heteroatoms. The third-order valence-corrected chi connectivity index (χ3v) is 5.87. The van der Waals surface area contributed by atoms with E-state index in [4.69, 9.17) is 11.6 Å². The molecule has 0 saturated carbocycles. The molecule has 4 rings (SSSR count). The van der Waals surface area contributed by atoms with Crippen molar-refractivity contribution in [3.8, 4) is 0 Å². The minimum absolute atomic E-state index is 0.0627. The van der Waals surface area contributed by atoms with Crippen LogP contribution in [0.4, 0.5) is 0 Å². The van der Waals surface area contributed by atoms with Crippen LogP contribution in [0.25, 0.3) is 21.1 Å². The number of hydrogen-bond acceptors (Lipinski definition) is 3. The van der Waals surface area contributed by atoms with E-state index in [0.717, 1.165) is 26.0 Å². The molecule has 0 amide bonds. The summed E-state index contributed by atoms with van der Waals surface area (Å²) >= 11 is 7.57. The summed E-state index contributed by atoms with van der Waals surface area (Å²) in [6.07, 6.45) is 1.80. The lowest BCUT2D eigenvalue weighted by molar-refractivity contribution is 0.644. The van der Waals surface area contributed by atoms with Gasteiger partial charge >= 0.3 is 0 Å². The number of halogens is 1. The Kier molecular flexibility index (Phi) is 3.70. The maximum atomic E-state index is 12.9. The first kappa shape index (κ1) is 15.4. The predicted molar refractivity (Wildman–Crippen MR) is 100 cm³/mol. The van der Waals surface area contributed by atoms with Gasteiger partial charge in [0.15, 0.2) is 0 Å². The monoisotopic (exact) mass is 357 g/mol. The highest BCUT2D eigenvalue weighted by Crippen LogP contribution is 2.33. The van der Waals surface area contributed by atoms with Crippen LogP contribution in [0.1, 0.15) is 16.0 Å². The summed E-state index contributed by atoms with van der Waals surface area (Å²) in [4.78, 5) is 14.0. The summed E-state index contributed by atoms with van der Waals surface area (Å²) in [6.45, 7) is 2.52. The molecule has 122 valence electrons. The SMILES string of the molecule is Cc1cccc(Cn2ncc3c4sc(CCl)cc4n(C)c3c2=O)c1. The number of alkyl halides is 1. The molecule has 0 saturated heterocycles. The van der Waals surface area contributed by atoms with Crippen molar-refractivity contribution in [1.82, 2.24) is 14.3 Å². The highest BCUT2D eigenvalue weighted by molar-refractivity contribution is 7.20. The zero-order valence-corrected chi connectivity index (χ0v) is 15.0. The Morgan fingerprint density at radius 2 is 2.12 bits per heavy atom. The first-order valence-electron chi connectivity index (χ1n) is 7.67. The van der Waals surface area contributed by atoms with Gasteiger partial charge in [0, 0.05) is 17.3 Å². The third kappa shape index (κ3) is 2.36. The molecule has 0 spiro atoms. The lowest BCUT2D eigenvalue weighted by Gasteiger charge is -2.06. The molecule has 0 aliphatic rings. The summed E-state index contributed by atoms with van der Waals surface area (Å²) in [5, 5.41) is 5.30. The summed E-state index contributed by atoms with van der Waals surface area (Å²) in [6, 6.07) is 10.2. The quantitative estimate of drug-likeness (QED) is 0.519. The number of thiophene rings is 1. The van der Waals surface area contributed by atoms with Crippen molar-refractivity contribution in [3.05, 3.63) is 62.9 Å². The highest BCUT2D eigenvalue weighted by atomic mass is 35.5. The van der Waals surface area contributed by atoms with Gasteiger partial charge in [0.25, 0.3) is 5.56 Å². The molecule has 0 unspecified atom stereocenters. The lowest BCUT2D eigenvalue weighted by atomic mass is 10.1. The topological polar surface area (TPSA) is 39.8 Å². The predicted octanol–water partition coefficient (Wildman–Crippen LogP) is 4.05. The molecule has 0 fully saturated rings. The van der Waals surface area contributed by atoms with Crippen molar-refractivity contribution in [2.75, 3.05) is 0 Å². The van der Waals surface area contributed by atoms with Crippen molar-refractivity contribution in [3.63, 3.8) is 0 Å². The van der Waals surface area contributed by atoms with Gasteiger partial charge in [-0.1, -0.05) is 29.8 Å². The molecular formula is C18H16ClN3OS. The van der Waals surface area contributed by atoms with E-state index in [1.54, 1.807) is 17.5 Å². The van der Waals surface area contributed by atoms with Crippen LogP contribution in [0.5, 0.6) is 0 Å². The zero-order valence-electron chi connectivity index (χ0n) is 13.4. The van der Waals surface area contributed by atoms with E-state index in [-0.39, 0.29) is 5.56 Å². The molecule has 1 aromatic carbocycles. The number of nitrogens with zero attached hydrogens (tertiary/aromatic N) is 3. The molecule has 0 aliphatic heterocycles. The molecule has 3 heterocycles. The van der Waals surface area contributed by atoms with Gasteiger partial charge in [0.1, 0.15) is 5.52 Å². The van der Waals surface area contributed by atoms with Gasteiger partial charge in [-0.2, -0.15) is 5.10 Å². The van der Waals surface area contributed by atoms with Crippen LogP contribution in [0.3, 0.4) is 0 Å². The van der Waals surface area contributed by atoms with Crippen LogP contribution in [-0.4, -0.2) is 14.3 Å². The molecular weight excluding hydrogens is 342 g/mol. The minimum atomic E-state index is -0.0627. The van der Waals surface area contributed by atoms with Crippen LogP contribution >= 0.6 is 22.9 Å².